The molecule has 69 heavy (non-hydrogen) atoms. The maximum atomic E-state index is 5.37. The molecule has 10 aromatic carbocycles. The van der Waals surface area contributed by atoms with Crippen molar-refractivity contribution in [3.63, 3.8) is 0 Å². The standard InChI is InChI=1S/C64H46N4Si/c1-7-23-49(24-8-1)64(50-25-9-2-10-26-50,51-27-11-3-12-28-51)52-43-39-47(40-44-52)61-65-62(67-63(66-61)68-59-37-21-19-35-57(59)58-36-20-22-38-60(58)68)48-41-45-56(46-42-48)69(53-29-13-4-14-30-53,54-31-15-5-16-32-54)55-33-17-6-18-34-55/h1-46H. The Balaban J connectivity index is 1.05. The quantitative estimate of drug-likeness (QED) is 0.0960. The largest absolute Gasteiger partial charge is 0.278 e. The molecule has 12 aromatic rings. The van der Waals surface area contributed by atoms with Crippen LogP contribution in [0.2, 0.25) is 0 Å². The third-order valence-electron chi connectivity index (χ3n) is 13.8. The summed E-state index contributed by atoms with van der Waals surface area (Å²) in [7, 11) is -2.76. The molecule has 2 heterocycles. The molecule has 0 saturated carbocycles. The molecule has 0 radical (unpaired) electrons. The fourth-order valence-electron chi connectivity index (χ4n) is 10.7. The van der Waals surface area contributed by atoms with E-state index in [2.05, 4.69) is 284 Å². The van der Waals surface area contributed by atoms with Gasteiger partial charge in [0, 0.05) is 21.9 Å². The Hall–Kier alpha value is -8.77. The minimum absolute atomic E-state index is 0.564. The molecular weight excluding hydrogens is 853 g/mol. The van der Waals surface area contributed by atoms with E-state index in [9.17, 15) is 0 Å². The van der Waals surface area contributed by atoms with E-state index in [1.807, 2.05) is 0 Å². The molecule has 0 aliphatic rings. The van der Waals surface area contributed by atoms with Gasteiger partial charge in [-0.15, -0.1) is 0 Å². The zero-order chi connectivity index (χ0) is 46.0. The number of hydrogen-bond donors (Lipinski definition) is 0. The topological polar surface area (TPSA) is 43.6 Å². The Morgan fingerprint density at radius 1 is 0.275 bits per heavy atom. The van der Waals surface area contributed by atoms with Crippen LogP contribution in [0.1, 0.15) is 22.3 Å². The van der Waals surface area contributed by atoms with Gasteiger partial charge in [-0.1, -0.05) is 267 Å². The first kappa shape index (κ1) is 41.6. The molecule has 5 heteroatoms. The molecule has 0 amide bonds. The summed E-state index contributed by atoms with van der Waals surface area (Å²) in [5.74, 6) is 1.76. The molecule has 12 rings (SSSR count). The monoisotopic (exact) mass is 898 g/mol. The molecule has 4 nitrogen and oxygen atoms in total. The third kappa shape index (κ3) is 7.10. The Morgan fingerprint density at radius 2 is 0.580 bits per heavy atom. The first-order chi connectivity index (χ1) is 34.2. The van der Waals surface area contributed by atoms with Gasteiger partial charge in [-0.05, 0) is 55.1 Å². The van der Waals surface area contributed by atoms with Crippen LogP contribution in [-0.2, 0) is 5.41 Å². The second-order valence-corrected chi connectivity index (χ2v) is 21.3. The Kier molecular flexibility index (Phi) is 10.7. The van der Waals surface area contributed by atoms with Crippen molar-refractivity contribution in [2.45, 2.75) is 5.41 Å². The fourth-order valence-corrected chi connectivity index (χ4v) is 15.5. The predicted octanol–water partition coefficient (Wildman–Crippen LogP) is 12.1. The summed E-state index contributed by atoms with van der Waals surface area (Å²) in [5.41, 5.74) is 8.01. The first-order valence-electron chi connectivity index (χ1n) is 23.5. The lowest BCUT2D eigenvalue weighted by Crippen LogP contribution is -2.74. The van der Waals surface area contributed by atoms with Gasteiger partial charge in [0.2, 0.25) is 5.95 Å². The molecule has 0 unspecified atom stereocenters. The van der Waals surface area contributed by atoms with Crippen molar-refractivity contribution >= 4 is 50.6 Å². The molecule has 0 fully saturated rings. The van der Waals surface area contributed by atoms with Crippen LogP contribution in [0.4, 0.5) is 0 Å². The van der Waals surface area contributed by atoms with Crippen LogP contribution in [0.5, 0.6) is 0 Å². The number of hydrogen-bond acceptors (Lipinski definition) is 3. The number of rotatable bonds is 11. The highest BCUT2D eigenvalue weighted by Crippen LogP contribution is 2.45. The second kappa shape index (κ2) is 17.8. The number of para-hydroxylation sites is 2. The maximum absolute atomic E-state index is 5.37. The summed E-state index contributed by atoms with van der Waals surface area (Å²) >= 11 is 0. The maximum Gasteiger partial charge on any atom is 0.238 e. The minimum atomic E-state index is -2.76. The second-order valence-electron chi connectivity index (χ2n) is 17.5. The van der Waals surface area contributed by atoms with E-state index in [0.29, 0.717) is 17.6 Å². The number of nitrogens with zero attached hydrogens (tertiary/aromatic N) is 4. The van der Waals surface area contributed by atoms with Gasteiger partial charge in [-0.3, -0.25) is 4.57 Å². The van der Waals surface area contributed by atoms with E-state index in [1.54, 1.807) is 0 Å². The Labute approximate surface area is 403 Å². The average molecular weight is 899 g/mol. The van der Waals surface area contributed by atoms with E-state index < -0.39 is 13.5 Å². The van der Waals surface area contributed by atoms with Gasteiger partial charge >= 0.3 is 0 Å². The lowest BCUT2D eigenvalue weighted by molar-refractivity contribution is 0.745. The van der Waals surface area contributed by atoms with E-state index in [-0.39, 0.29) is 0 Å². The van der Waals surface area contributed by atoms with Crippen molar-refractivity contribution < 1.29 is 0 Å². The molecule has 0 bridgehead atoms. The summed E-state index contributed by atoms with van der Waals surface area (Å²) in [4.78, 5) is 16.1. The summed E-state index contributed by atoms with van der Waals surface area (Å²) in [6.45, 7) is 0. The molecular formula is C64H46N4Si. The van der Waals surface area contributed by atoms with E-state index in [1.165, 1.54) is 37.4 Å². The molecule has 0 N–H and O–H groups in total. The van der Waals surface area contributed by atoms with E-state index in [4.69, 9.17) is 15.0 Å². The summed E-state index contributed by atoms with van der Waals surface area (Å²) in [6, 6.07) is 100. The van der Waals surface area contributed by atoms with Crippen LogP contribution < -0.4 is 20.7 Å². The van der Waals surface area contributed by atoms with Crippen LogP contribution in [0.3, 0.4) is 0 Å². The number of aromatic nitrogens is 4. The SMILES string of the molecule is c1ccc(C(c2ccccc2)(c2ccccc2)c2ccc(-c3nc(-c4ccc([Si](c5ccccc5)(c5ccccc5)c5ccccc5)cc4)nc(-n4c5ccccc5c5ccccc54)n3)cc2)cc1. The highest BCUT2D eigenvalue weighted by Gasteiger charge is 2.41. The zero-order valence-electron chi connectivity index (χ0n) is 37.8. The lowest BCUT2D eigenvalue weighted by atomic mass is 9.65. The normalized spacial score (nSPS) is 11.8. The average Bonchev–Trinajstić information content (AvgIpc) is 3.78. The van der Waals surface area contributed by atoms with Gasteiger partial charge in [-0.2, -0.15) is 9.97 Å². The first-order valence-corrected chi connectivity index (χ1v) is 25.5. The van der Waals surface area contributed by atoms with Crippen LogP contribution in [-0.4, -0.2) is 27.6 Å². The van der Waals surface area contributed by atoms with Crippen molar-refractivity contribution in [3.05, 3.63) is 301 Å². The smallest absolute Gasteiger partial charge is 0.238 e. The van der Waals surface area contributed by atoms with Crippen LogP contribution in [0.15, 0.2) is 279 Å². The minimum Gasteiger partial charge on any atom is -0.278 e. The van der Waals surface area contributed by atoms with Gasteiger partial charge in [-0.25, -0.2) is 4.98 Å². The van der Waals surface area contributed by atoms with Gasteiger partial charge in [0.1, 0.15) is 0 Å². The Bertz CT molecular complexity index is 3240. The van der Waals surface area contributed by atoms with Gasteiger partial charge in [0.15, 0.2) is 19.7 Å². The highest BCUT2D eigenvalue weighted by molar-refractivity contribution is 7.19. The summed E-state index contributed by atoms with van der Waals surface area (Å²) in [5, 5.41) is 7.55. The molecule has 0 aliphatic carbocycles. The van der Waals surface area contributed by atoms with Crippen LogP contribution >= 0.6 is 0 Å². The number of benzene rings is 10. The molecule has 2 aromatic heterocycles. The Morgan fingerprint density at radius 3 is 0.971 bits per heavy atom. The van der Waals surface area contributed by atoms with E-state index >= 15 is 0 Å². The van der Waals surface area contributed by atoms with Gasteiger partial charge in [0.05, 0.1) is 16.4 Å². The lowest BCUT2D eigenvalue weighted by Gasteiger charge is -2.37. The van der Waals surface area contributed by atoms with Crippen molar-refractivity contribution in [2.75, 3.05) is 0 Å². The third-order valence-corrected chi connectivity index (χ3v) is 18.6. The number of fused-ring (bicyclic) bond motifs is 3. The van der Waals surface area contributed by atoms with Crippen molar-refractivity contribution in [3.8, 4) is 28.7 Å². The fraction of sp³-hybridized carbons (Fsp3) is 0.0156. The highest BCUT2D eigenvalue weighted by atomic mass is 28.3. The zero-order valence-corrected chi connectivity index (χ0v) is 38.8. The molecule has 0 atom stereocenters. The molecule has 0 aliphatic heterocycles. The van der Waals surface area contributed by atoms with Crippen molar-refractivity contribution in [2.24, 2.45) is 0 Å². The van der Waals surface area contributed by atoms with Gasteiger partial charge < -0.3 is 0 Å². The molecule has 0 spiro atoms. The molecule has 0 saturated heterocycles. The predicted molar refractivity (Wildman–Crippen MR) is 287 cm³/mol. The molecule has 326 valence electrons. The van der Waals surface area contributed by atoms with Crippen molar-refractivity contribution in [1.29, 1.82) is 0 Å². The summed E-state index contributed by atoms with van der Waals surface area (Å²) in [6.07, 6.45) is 0. The van der Waals surface area contributed by atoms with E-state index in [0.717, 1.165) is 38.5 Å². The van der Waals surface area contributed by atoms with Crippen LogP contribution in [0, 0.1) is 0 Å². The van der Waals surface area contributed by atoms with Gasteiger partial charge in [0.25, 0.3) is 0 Å². The summed E-state index contributed by atoms with van der Waals surface area (Å²) < 4.78 is 2.19. The van der Waals surface area contributed by atoms with Crippen molar-refractivity contribution in [1.82, 2.24) is 19.5 Å². The van der Waals surface area contributed by atoms with Crippen LogP contribution in [0.25, 0.3) is 50.5 Å².